The van der Waals surface area contributed by atoms with Crippen LogP contribution >= 0.6 is 0 Å². The number of para-hydroxylation sites is 1. The fourth-order valence-corrected chi connectivity index (χ4v) is 2.96. The molecular formula is C21H21N3O5. The molecule has 3 aromatic rings. The molecule has 0 spiro atoms. The Morgan fingerprint density at radius 1 is 1.14 bits per heavy atom. The number of hydrogen-bond acceptors (Lipinski definition) is 6. The first-order valence-corrected chi connectivity index (χ1v) is 9.15. The van der Waals surface area contributed by atoms with E-state index in [0.717, 1.165) is 16.5 Å². The number of imide groups is 1. The Kier molecular flexibility index (Phi) is 6.23. The quantitative estimate of drug-likeness (QED) is 0.621. The predicted octanol–water partition coefficient (Wildman–Crippen LogP) is 2.88. The molecule has 2 heterocycles. The van der Waals surface area contributed by atoms with Crippen molar-refractivity contribution in [1.29, 1.82) is 0 Å². The summed E-state index contributed by atoms with van der Waals surface area (Å²) >= 11 is 0. The van der Waals surface area contributed by atoms with Gasteiger partial charge in [-0.3, -0.25) is 15.1 Å². The molecule has 29 heavy (non-hydrogen) atoms. The molecule has 0 aliphatic rings. The summed E-state index contributed by atoms with van der Waals surface area (Å²) in [6, 6.07) is 10.2. The Labute approximate surface area is 167 Å². The summed E-state index contributed by atoms with van der Waals surface area (Å²) in [7, 11) is 0. The largest absolute Gasteiger partial charge is 0.467 e. The van der Waals surface area contributed by atoms with Gasteiger partial charge in [-0.1, -0.05) is 25.1 Å². The molecule has 8 nitrogen and oxygen atoms in total. The predicted molar refractivity (Wildman–Crippen MR) is 105 cm³/mol. The van der Waals surface area contributed by atoms with Crippen molar-refractivity contribution in [2.24, 2.45) is 0 Å². The number of carbonyl (C=O) groups is 3. The van der Waals surface area contributed by atoms with Crippen LogP contribution in [-0.4, -0.2) is 29.5 Å². The number of furan rings is 1. The van der Waals surface area contributed by atoms with Gasteiger partial charge in [-0.2, -0.15) is 0 Å². The summed E-state index contributed by atoms with van der Waals surface area (Å²) in [6.07, 6.45) is 2.02. The zero-order valence-corrected chi connectivity index (χ0v) is 16.2. The van der Waals surface area contributed by atoms with Crippen LogP contribution in [0.15, 0.2) is 47.1 Å². The standard InChI is InChI=1S/C21H21N3O5/c1-3-16-19(13(2)15-8-4-5-9-17(15)23-16)20(26)29-12-18(25)24-21(27)22-11-14-7-6-10-28-14/h4-10H,3,11-12H2,1-2H3,(H2,22,24,25,27). The smallest absolute Gasteiger partial charge is 0.340 e. The van der Waals surface area contributed by atoms with Crippen LogP contribution in [0.1, 0.15) is 34.3 Å². The summed E-state index contributed by atoms with van der Waals surface area (Å²) in [6.45, 7) is 3.27. The number of hydrogen-bond donors (Lipinski definition) is 2. The number of benzene rings is 1. The number of urea groups is 1. The topological polar surface area (TPSA) is 111 Å². The van der Waals surface area contributed by atoms with E-state index >= 15 is 0 Å². The number of nitrogens with one attached hydrogen (secondary N) is 2. The third-order valence-corrected chi connectivity index (χ3v) is 4.36. The van der Waals surface area contributed by atoms with E-state index in [1.54, 1.807) is 12.1 Å². The molecule has 0 saturated heterocycles. The Morgan fingerprint density at radius 2 is 1.93 bits per heavy atom. The molecule has 0 aliphatic heterocycles. The minimum absolute atomic E-state index is 0.133. The highest BCUT2D eigenvalue weighted by atomic mass is 16.5. The number of pyridine rings is 1. The zero-order valence-electron chi connectivity index (χ0n) is 16.2. The lowest BCUT2D eigenvalue weighted by Gasteiger charge is -2.13. The van der Waals surface area contributed by atoms with Gasteiger partial charge in [0.05, 0.1) is 29.6 Å². The lowest BCUT2D eigenvalue weighted by Crippen LogP contribution is -2.41. The fourth-order valence-electron chi connectivity index (χ4n) is 2.96. The van der Waals surface area contributed by atoms with Gasteiger partial charge in [0.25, 0.3) is 5.91 Å². The van der Waals surface area contributed by atoms with E-state index in [2.05, 4.69) is 15.6 Å². The fraction of sp³-hybridized carbons (Fsp3) is 0.238. The number of rotatable bonds is 6. The summed E-state index contributed by atoms with van der Waals surface area (Å²) in [4.78, 5) is 40.8. The van der Waals surface area contributed by atoms with Crippen LogP contribution in [0.5, 0.6) is 0 Å². The monoisotopic (exact) mass is 395 g/mol. The number of aryl methyl sites for hydroxylation is 2. The molecular weight excluding hydrogens is 374 g/mol. The maximum Gasteiger partial charge on any atom is 0.340 e. The highest BCUT2D eigenvalue weighted by molar-refractivity contribution is 6.00. The molecule has 0 radical (unpaired) electrons. The Bertz CT molecular complexity index is 1040. The number of nitrogens with zero attached hydrogens (tertiary/aromatic N) is 1. The minimum atomic E-state index is -0.736. The van der Waals surface area contributed by atoms with Gasteiger partial charge < -0.3 is 14.5 Å². The maximum atomic E-state index is 12.6. The second-order valence-electron chi connectivity index (χ2n) is 6.32. The molecule has 0 unspecified atom stereocenters. The van der Waals surface area contributed by atoms with E-state index in [-0.39, 0.29) is 6.54 Å². The van der Waals surface area contributed by atoms with Crippen LogP contribution in [-0.2, 0) is 22.5 Å². The molecule has 2 aromatic heterocycles. The van der Waals surface area contributed by atoms with Gasteiger partial charge in [-0.05, 0) is 37.1 Å². The Morgan fingerprint density at radius 3 is 2.66 bits per heavy atom. The molecule has 3 amide bonds. The van der Waals surface area contributed by atoms with Gasteiger partial charge in [-0.15, -0.1) is 0 Å². The van der Waals surface area contributed by atoms with Gasteiger partial charge in [0.15, 0.2) is 6.61 Å². The average Bonchev–Trinajstić information content (AvgIpc) is 3.24. The summed E-state index contributed by atoms with van der Waals surface area (Å²) in [5.74, 6) is -0.839. The van der Waals surface area contributed by atoms with Gasteiger partial charge in [0.2, 0.25) is 0 Å². The van der Waals surface area contributed by atoms with E-state index in [1.165, 1.54) is 6.26 Å². The van der Waals surface area contributed by atoms with E-state index in [9.17, 15) is 14.4 Å². The van der Waals surface area contributed by atoms with E-state index in [0.29, 0.717) is 23.4 Å². The second-order valence-corrected chi connectivity index (χ2v) is 6.32. The first-order chi connectivity index (χ1) is 14.0. The molecule has 0 fully saturated rings. The molecule has 0 bridgehead atoms. The molecule has 0 atom stereocenters. The number of carbonyl (C=O) groups excluding carboxylic acids is 3. The highest BCUT2D eigenvalue weighted by Crippen LogP contribution is 2.24. The van der Waals surface area contributed by atoms with E-state index in [1.807, 2.05) is 38.1 Å². The van der Waals surface area contributed by atoms with Crippen molar-refractivity contribution in [1.82, 2.24) is 15.6 Å². The average molecular weight is 395 g/mol. The van der Waals surface area contributed by atoms with Gasteiger partial charge in [-0.25, -0.2) is 9.59 Å². The molecule has 0 saturated carbocycles. The maximum absolute atomic E-state index is 12.6. The SMILES string of the molecule is CCc1nc2ccccc2c(C)c1C(=O)OCC(=O)NC(=O)NCc1ccco1. The number of esters is 1. The van der Waals surface area contributed by atoms with Gasteiger partial charge in [0.1, 0.15) is 5.76 Å². The van der Waals surface area contributed by atoms with Gasteiger partial charge in [0, 0.05) is 5.39 Å². The summed E-state index contributed by atoms with van der Waals surface area (Å²) in [5, 5.41) is 5.41. The highest BCUT2D eigenvalue weighted by Gasteiger charge is 2.20. The minimum Gasteiger partial charge on any atom is -0.467 e. The summed E-state index contributed by atoms with van der Waals surface area (Å²) < 4.78 is 10.2. The number of aromatic nitrogens is 1. The Balaban J connectivity index is 1.60. The second kappa shape index (κ2) is 9.01. The molecule has 2 N–H and O–H groups in total. The van der Waals surface area contributed by atoms with Crippen LogP contribution in [0, 0.1) is 6.92 Å². The number of fused-ring (bicyclic) bond motifs is 1. The third-order valence-electron chi connectivity index (χ3n) is 4.36. The molecule has 8 heteroatoms. The van der Waals surface area contributed by atoms with Crippen LogP contribution in [0.3, 0.4) is 0 Å². The first-order valence-electron chi connectivity index (χ1n) is 9.15. The summed E-state index contributed by atoms with van der Waals surface area (Å²) in [5.41, 5.74) is 2.49. The molecule has 0 aliphatic carbocycles. The van der Waals surface area contributed by atoms with Crippen LogP contribution in [0.2, 0.25) is 0 Å². The van der Waals surface area contributed by atoms with E-state index in [4.69, 9.17) is 9.15 Å². The first kappa shape index (κ1) is 20.1. The molecule has 150 valence electrons. The van der Waals surface area contributed by atoms with Gasteiger partial charge >= 0.3 is 12.0 Å². The lowest BCUT2D eigenvalue weighted by molar-refractivity contribution is -0.123. The van der Waals surface area contributed by atoms with Crippen molar-refractivity contribution < 1.29 is 23.5 Å². The van der Waals surface area contributed by atoms with Crippen molar-refractivity contribution in [3.8, 4) is 0 Å². The number of ether oxygens (including phenoxy) is 1. The lowest BCUT2D eigenvalue weighted by atomic mass is 10.0. The zero-order chi connectivity index (χ0) is 20.8. The van der Waals surface area contributed by atoms with Crippen molar-refractivity contribution in [2.45, 2.75) is 26.8 Å². The van der Waals surface area contributed by atoms with Crippen LogP contribution < -0.4 is 10.6 Å². The van der Waals surface area contributed by atoms with Crippen molar-refractivity contribution >= 4 is 28.8 Å². The molecule has 3 rings (SSSR count). The van der Waals surface area contributed by atoms with Crippen molar-refractivity contribution in [2.75, 3.05) is 6.61 Å². The Hall–Kier alpha value is -3.68. The number of amides is 3. The normalized spacial score (nSPS) is 10.6. The third kappa shape index (κ3) is 4.78. The van der Waals surface area contributed by atoms with E-state index < -0.39 is 24.5 Å². The van der Waals surface area contributed by atoms with Crippen LogP contribution in [0.4, 0.5) is 4.79 Å². The van der Waals surface area contributed by atoms with Crippen molar-refractivity contribution in [3.63, 3.8) is 0 Å². The molecule has 1 aromatic carbocycles. The van der Waals surface area contributed by atoms with Crippen LogP contribution in [0.25, 0.3) is 10.9 Å². The van der Waals surface area contributed by atoms with Crippen molar-refractivity contribution in [3.05, 3.63) is 65.2 Å².